The summed E-state index contributed by atoms with van der Waals surface area (Å²) >= 11 is 0. The first-order valence-electron chi connectivity index (χ1n) is 12.4. The third kappa shape index (κ3) is 5.54. The molecule has 0 saturated carbocycles. The molecule has 194 valence electrons. The molecule has 5 aromatic rings. The van der Waals surface area contributed by atoms with Gasteiger partial charge in [0.15, 0.2) is 0 Å². The van der Waals surface area contributed by atoms with Crippen molar-refractivity contribution >= 4 is 47.2 Å². The Hall–Kier alpha value is -3.80. The highest BCUT2D eigenvalue weighted by atomic mass is 35.5. The predicted octanol–water partition coefficient (Wildman–Crippen LogP) is 6.78. The zero-order valence-electron chi connectivity index (χ0n) is 20.9. The normalized spacial score (nSPS) is 12.7. The van der Waals surface area contributed by atoms with Crippen LogP contribution in [0.5, 0.6) is 0 Å². The van der Waals surface area contributed by atoms with Crippen LogP contribution in [0, 0.1) is 0 Å². The maximum absolute atomic E-state index is 13.9. The van der Waals surface area contributed by atoms with Crippen molar-refractivity contribution in [2.45, 2.75) is 13.0 Å². The van der Waals surface area contributed by atoms with Crippen LogP contribution in [0.2, 0.25) is 0 Å². The quantitative estimate of drug-likeness (QED) is 0.265. The second-order valence-corrected chi connectivity index (χ2v) is 9.28. The molecule has 1 aliphatic heterocycles. The van der Waals surface area contributed by atoms with Crippen LogP contribution in [0.3, 0.4) is 0 Å². The van der Waals surface area contributed by atoms with Crippen molar-refractivity contribution in [2.75, 3.05) is 24.5 Å². The summed E-state index contributed by atoms with van der Waals surface area (Å²) in [6.07, 6.45) is 4.48. The first-order valence-corrected chi connectivity index (χ1v) is 12.4. The van der Waals surface area contributed by atoms with E-state index < -0.39 is 0 Å². The molecule has 6 rings (SSSR count). The summed E-state index contributed by atoms with van der Waals surface area (Å²) in [7, 11) is 0. The molecule has 0 spiro atoms. The Bertz CT molecular complexity index is 1500. The summed E-state index contributed by atoms with van der Waals surface area (Å²) in [5.74, 6) is 0.0817. The van der Waals surface area contributed by atoms with Crippen LogP contribution in [0.1, 0.15) is 21.6 Å². The number of nitrogens with one attached hydrogen (secondary N) is 1. The van der Waals surface area contributed by atoms with Gasteiger partial charge in [0, 0.05) is 55.7 Å². The van der Waals surface area contributed by atoms with E-state index in [0.29, 0.717) is 13.1 Å². The Morgan fingerprint density at radius 2 is 1.63 bits per heavy atom. The van der Waals surface area contributed by atoms with Crippen molar-refractivity contribution in [1.29, 1.82) is 0 Å². The average molecular weight is 546 g/mol. The number of hydrogen-bond acceptors (Lipinski definition) is 3. The third-order valence-electron chi connectivity index (χ3n) is 7.04. The van der Waals surface area contributed by atoms with E-state index in [1.165, 1.54) is 22.4 Å². The maximum atomic E-state index is 13.9. The number of H-pyrrole nitrogens is 1. The SMILES string of the molecule is Cl.Cl.O=C(c1cccc2ccccc12)N1CCN(CCc2cnc[nH]2)c2ccc(-c3ccccc3)cc2C1. The Labute approximate surface area is 235 Å². The van der Waals surface area contributed by atoms with Gasteiger partial charge in [-0.2, -0.15) is 0 Å². The van der Waals surface area contributed by atoms with Gasteiger partial charge in [-0.25, -0.2) is 4.98 Å². The summed E-state index contributed by atoms with van der Waals surface area (Å²) in [5.41, 5.74) is 6.60. The van der Waals surface area contributed by atoms with Gasteiger partial charge < -0.3 is 14.8 Å². The molecule has 4 aromatic carbocycles. The monoisotopic (exact) mass is 544 g/mol. The number of benzene rings is 4. The summed E-state index contributed by atoms with van der Waals surface area (Å²) in [6.45, 7) is 2.89. The molecule has 0 radical (unpaired) electrons. The van der Waals surface area contributed by atoms with Gasteiger partial charge in [-0.3, -0.25) is 4.79 Å². The highest BCUT2D eigenvalue weighted by Crippen LogP contribution is 2.32. The lowest BCUT2D eigenvalue weighted by atomic mass is 10.0. The number of imidazole rings is 1. The van der Waals surface area contributed by atoms with Crippen LogP contribution in [-0.2, 0) is 13.0 Å². The number of fused-ring (bicyclic) bond motifs is 2. The highest BCUT2D eigenvalue weighted by Gasteiger charge is 2.25. The molecular formula is C31H30Cl2N4O. The van der Waals surface area contributed by atoms with E-state index in [1.807, 2.05) is 47.5 Å². The number of aromatic amines is 1. The summed E-state index contributed by atoms with van der Waals surface area (Å²) in [5, 5.41) is 2.09. The number of hydrogen-bond donors (Lipinski definition) is 1. The fourth-order valence-corrected chi connectivity index (χ4v) is 5.14. The van der Waals surface area contributed by atoms with Gasteiger partial charge in [-0.15, -0.1) is 24.8 Å². The van der Waals surface area contributed by atoms with Gasteiger partial charge in [-0.1, -0.05) is 72.8 Å². The van der Waals surface area contributed by atoms with Crippen LogP contribution in [0.4, 0.5) is 5.69 Å². The van der Waals surface area contributed by atoms with Crippen LogP contribution >= 0.6 is 24.8 Å². The van der Waals surface area contributed by atoms with Crippen molar-refractivity contribution < 1.29 is 4.79 Å². The first kappa shape index (κ1) is 27.2. The predicted molar refractivity (Wildman–Crippen MR) is 160 cm³/mol. The molecule has 0 saturated heterocycles. The number of rotatable bonds is 5. The minimum absolute atomic E-state index is 0. The third-order valence-corrected chi connectivity index (χ3v) is 7.04. The summed E-state index contributed by atoms with van der Waals surface area (Å²) in [6, 6.07) is 31.2. The lowest BCUT2D eigenvalue weighted by Gasteiger charge is -2.25. The highest BCUT2D eigenvalue weighted by molar-refractivity contribution is 6.07. The van der Waals surface area contributed by atoms with E-state index in [-0.39, 0.29) is 30.7 Å². The number of nitrogens with zero attached hydrogens (tertiary/aromatic N) is 3. The molecule has 2 heterocycles. The zero-order valence-corrected chi connectivity index (χ0v) is 22.5. The fraction of sp³-hybridized carbons (Fsp3) is 0.161. The van der Waals surface area contributed by atoms with E-state index in [0.717, 1.165) is 41.5 Å². The number of aromatic nitrogens is 2. The van der Waals surface area contributed by atoms with E-state index in [1.54, 1.807) is 6.33 Å². The number of carbonyl (C=O) groups is 1. The van der Waals surface area contributed by atoms with Crippen molar-refractivity contribution in [3.05, 3.63) is 120 Å². The molecule has 38 heavy (non-hydrogen) atoms. The molecule has 0 fully saturated rings. The lowest BCUT2D eigenvalue weighted by molar-refractivity contribution is 0.0753. The van der Waals surface area contributed by atoms with Crippen LogP contribution in [0.15, 0.2) is 104 Å². The molecule has 1 amide bonds. The first-order chi connectivity index (χ1) is 17.8. The van der Waals surface area contributed by atoms with Crippen LogP contribution < -0.4 is 4.90 Å². The van der Waals surface area contributed by atoms with Gasteiger partial charge in [0.25, 0.3) is 5.91 Å². The van der Waals surface area contributed by atoms with Gasteiger partial charge in [0.2, 0.25) is 0 Å². The minimum Gasteiger partial charge on any atom is -0.369 e. The topological polar surface area (TPSA) is 52.2 Å². The molecule has 0 aliphatic carbocycles. The average Bonchev–Trinajstić information content (AvgIpc) is 3.39. The molecule has 1 aromatic heterocycles. The molecule has 0 atom stereocenters. The number of amides is 1. The summed E-state index contributed by atoms with van der Waals surface area (Å²) in [4.78, 5) is 25.7. The zero-order chi connectivity index (χ0) is 24.3. The van der Waals surface area contributed by atoms with Crippen molar-refractivity contribution in [3.63, 3.8) is 0 Å². The molecule has 5 nitrogen and oxygen atoms in total. The van der Waals surface area contributed by atoms with Crippen molar-refractivity contribution in [3.8, 4) is 11.1 Å². The number of anilines is 1. The van der Waals surface area contributed by atoms with E-state index in [4.69, 9.17) is 0 Å². The smallest absolute Gasteiger partial charge is 0.254 e. The summed E-state index contributed by atoms with van der Waals surface area (Å²) < 4.78 is 0. The molecule has 0 bridgehead atoms. The Kier molecular flexibility index (Phi) is 8.72. The van der Waals surface area contributed by atoms with Gasteiger partial charge >= 0.3 is 0 Å². The largest absolute Gasteiger partial charge is 0.369 e. The molecule has 0 unspecified atom stereocenters. The van der Waals surface area contributed by atoms with E-state index in [2.05, 4.69) is 69.5 Å². The molecule has 1 N–H and O–H groups in total. The molecule has 7 heteroatoms. The van der Waals surface area contributed by atoms with Crippen molar-refractivity contribution in [2.24, 2.45) is 0 Å². The number of carbonyl (C=O) groups excluding carboxylic acids is 1. The van der Waals surface area contributed by atoms with Gasteiger partial charge in [0.05, 0.1) is 6.33 Å². The standard InChI is InChI=1S/C31H28N4O.2ClH/c36-31(29-12-6-10-24-9-4-5-11-28(24)29)35-18-17-34(16-15-27-20-32-22-33-27)30-14-13-25(19-26(30)21-35)23-7-2-1-3-8-23;;/h1-14,19-20,22H,15-18,21H2,(H,32,33);2*1H. The van der Waals surface area contributed by atoms with Gasteiger partial charge in [0.1, 0.15) is 0 Å². The second-order valence-electron chi connectivity index (χ2n) is 9.28. The Morgan fingerprint density at radius 3 is 2.45 bits per heavy atom. The Morgan fingerprint density at radius 1 is 0.842 bits per heavy atom. The van der Waals surface area contributed by atoms with E-state index >= 15 is 0 Å². The molecular weight excluding hydrogens is 515 g/mol. The lowest BCUT2D eigenvalue weighted by Crippen LogP contribution is -2.36. The molecule has 1 aliphatic rings. The van der Waals surface area contributed by atoms with E-state index in [9.17, 15) is 4.79 Å². The second kappa shape index (κ2) is 12.2. The number of halogens is 2. The minimum atomic E-state index is 0. The fourth-order valence-electron chi connectivity index (χ4n) is 5.14. The maximum Gasteiger partial charge on any atom is 0.254 e. The van der Waals surface area contributed by atoms with Crippen LogP contribution in [-0.4, -0.2) is 40.4 Å². The van der Waals surface area contributed by atoms with Crippen molar-refractivity contribution in [1.82, 2.24) is 14.9 Å². The van der Waals surface area contributed by atoms with Gasteiger partial charge in [-0.05, 0) is 45.7 Å². The van der Waals surface area contributed by atoms with Crippen LogP contribution in [0.25, 0.3) is 21.9 Å². The Balaban J connectivity index is 0.00000168.